The quantitative estimate of drug-likeness (QED) is 0.556. The van der Waals surface area contributed by atoms with Crippen LogP contribution < -0.4 is 9.47 Å². The third-order valence-corrected chi connectivity index (χ3v) is 6.64. The highest BCUT2D eigenvalue weighted by Gasteiger charge is 2.24. The lowest BCUT2D eigenvalue weighted by atomic mass is 10.1. The van der Waals surface area contributed by atoms with Crippen molar-refractivity contribution in [1.82, 2.24) is 4.90 Å². The molecule has 0 spiro atoms. The molecule has 0 fully saturated rings. The number of nitrogens with zero attached hydrogens (tertiary/aromatic N) is 1. The van der Waals surface area contributed by atoms with E-state index in [1.807, 2.05) is 25.1 Å². The van der Waals surface area contributed by atoms with Crippen LogP contribution in [0, 0.1) is 0 Å². The standard InChI is InChI=1S/C23H23NO6S/c1-2-24(15-17-7-6-10-20-22(17)29-14-13-28-20)23(25)21-12-11-18(30-21)16-31(26,27)19-8-4-3-5-9-19/h3-12H,2,13-16H2,1H3. The molecule has 1 amide bonds. The van der Waals surface area contributed by atoms with Crippen LogP contribution in [0.3, 0.4) is 0 Å². The third-order valence-electron chi connectivity index (χ3n) is 4.98. The summed E-state index contributed by atoms with van der Waals surface area (Å²) in [5.74, 6) is 1.00. The molecule has 0 bridgehead atoms. The molecule has 0 aliphatic carbocycles. The van der Waals surface area contributed by atoms with Crippen molar-refractivity contribution in [2.24, 2.45) is 0 Å². The molecule has 0 radical (unpaired) electrons. The molecular formula is C23H23NO6S. The number of ether oxygens (including phenoxy) is 2. The van der Waals surface area contributed by atoms with Gasteiger partial charge in [-0.3, -0.25) is 4.79 Å². The van der Waals surface area contributed by atoms with Gasteiger partial charge in [0.15, 0.2) is 27.1 Å². The number of hydrogen-bond donors (Lipinski definition) is 0. The number of carbonyl (C=O) groups is 1. The van der Waals surface area contributed by atoms with Gasteiger partial charge in [-0.05, 0) is 37.3 Å². The van der Waals surface area contributed by atoms with Crippen LogP contribution in [0.2, 0.25) is 0 Å². The first-order chi connectivity index (χ1) is 15.0. The fraction of sp³-hybridized carbons (Fsp3) is 0.261. The number of benzene rings is 2. The lowest BCUT2D eigenvalue weighted by Gasteiger charge is -2.25. The Labute approximate surface area is 181 Å². The van der Waals surface area contributed by atoms with Gasteiger partial charge in [0.1, 0.15) is 24.7 Å². The van der Waals surface area contributed by atoms with E-state index in [1.54, 1.807) is 23.1 Å². The number of furan rings is 1. The predicted molar refractivity (Wildman–Crippen MR) is 114 cm³/mol. The number of sulfone groups is 1. The molecule has 2 aromatic carbocycles. The Kier molecular flexibility index (Phi) is 5.99. The predicted octanol–water partition coefficient (Wildman–Crippen LogP) is 3.69. The summed E-state index contributed by atoms with van der Waals surface area (Å²) in [7, 11) is -3.56. The van der Waals surface area contributed by atoms with Gasteiger partial charge in [-0.15, -0.1) is 0 Å². The molecule has 1 aromatic heterocycles. The second-order valence-electron chi connectivity index (χ2n) is 7.10. The van der Waals surface area contributed by atoms with Crippen LogP contribution >= 0.6 is 0 Å². The van der Waals surface area contributed by atoms with Crippen molar-refractivity contribution in [3.8, 4) is 11.5 Å². The maximum atomic E-state index is 13.0. The van der Waals surface area contributed by atoms with Crippen molar-refractivity contribution in [3.63, 3.8) is 0 Å². The largest absolute Gasteiger partial charge is 0.486 e. The van der Waals surface area contributed by atoms with Gasteiger partial charge in [-0.2, -0.15) is 0 Å². The van der Waals surface area contributed by atoms with Crippen molar-refractivity contribution < 1.29 is 27.1 Å². The van der Waals surface area contributed by atoms with Gasteiger partial charge in [0, 0.05) is 18.7 Å². The Morgan fingerprint density at radius 1 is 0.968 bits per heavy atom. The van der Waals surface area contributed by atoms with Crippen molar-refractivity contribution in [3.05, 3.63) is 77.7 Å². The fourth-order valence-electron chi connectivity index (χ4n) is 3.42. The van der Waals surface area contributed by atoms with E-state index in [9.17, 15) is 13.2 Å². The Hall–Kier alpha value is -3.26. The summed E-state index contributed by atoms with van der Waals surface area (Å²) in [6.07, 6.45) is 0. The van der Waals surface area contributed by atoms with Crippen molar-refractivity contribution >= 4 is 15.7 Å². The lowest BCUT2D eigenvalue weighted by Crippen LogP contribution is -2.30. The van der Waals surface area contributed by atoms with Gasteiger partial charge in [0.25, 0.3) is 5.91 Å². The normalized spacial score (nSPS) is 13.1. The molecule has 1 aliphatic heterocycles. The van der Waals surface area contributed by atoms with Gasteiger partial charge < -0.3 is 18.8 Å². The van der Waals surface area contributed by atoms with Crippen LogP contribution in [0.5, 0.6) is 11.5 Å². The zero-order valence-corrected chi connectivity index (χ0v) is 17.9. The first-order valence-electron chi connectivity index (χ1n) is 10.0. The van der Waals surface area contributed by atoms with Gasteiger partial charge in [-0.1, -0.05) is 30.3 Å². The second-order valence-corrected chi connectivity index (χ2v) is 9.09. The summed E-state index contributed by atoms with van der Waals surface area (Å²) in [6, 6.07) is 16.8. The minimum atomic E-state index is -3.56. The van der Waals surface area contributed by atoms with Crippen molar-refractivity contribution in [2.45, 2.75) is 24.1 Å². The molecule has 8 heteroatoms. The van der Waals surface area contributed by atoms with E-state index in [2.05, 4.69) is 0 Å². The number of amides is 1. The first kappa shape index (κ1) is 21.0. The molecule has 162 valence electrons. The highest BCUT2D eigenvalue weighted by molar-refractivity contribution is 7.90. The minimum absolute atomic E-state index is 0.0991. The highest BCUT2D eigenvalue weighted by Crippen LogP contribution is 2.34. The summed E-state index contributed by atoms with van der Waals surface area (Å²) in [4.78, 5) is 14.8. The first-order valence-corrected chi connectivity index (χ1v) is 11.7. The van der Waals surface area contributed by atoms with Crippen molar-refractivity contribution in [2.75, 3.05) is 19.8 Å². The van der Waals surface area contributed by atoms with Crippen LogP contribution in [0.15, 0.2) is 70.0 Å². The maximum absolute atomic E-state index is 13.0. The second kappa shape index (κ2) is 8.85. The number of hydrogen-bond acceptors (Lipinski definition) is 6. The van der Waals surface area contributed by atoms with Gasteiger partial charge >= 0.3 is 0 Å². The molecule has 7 nitrogen and oxygen atoms in total. The molecule has 0 N–H and O–H groups in total. The summed E-state index contributed by atoms with van der Waals surface area (Å²) in [6.45, 7) is 3.59. The van der Waals surface area contributed by atoms with E-state index in [-0.39, 0.29) is 28.1 Å². The molecule has 4 rings (SSSR count). The topological polar surface area (TPSA) is 86.0 Å². The molecule has 2 heterocycles. The van der Waals surface area contributed by atoms with E-state index in [1.165, 1.54) is 24.3 Å². The van der Waals surface area contributed by atoms with Crippen LogP contribution in [0.25, 0.3) is 0 Å². The fourth-order valence-corrected chi connectivity index (χ4v) is 4.68. The van der Waals surface area contributed by atoms with Gasteiger partial charge in [0.2, 0.25) is 0 Å². The van der Waals surface area contributed by atoms with E-state index in [0.29, 0.717) is 37.8 Å². The Morgan fingerprint density at radius 2 is 1.74 bits per heavy atom. The zero-order chi connectivity index (χ0) is 21.8. The summed E-state index contributed by atoms with van der Waals surface area (Å²) in [5, 5.41) is 0. The summed E-state index contributed by atoms with van der Waals surface area (Å²) in [5.41, 5.74) is 0.839. The van der Waals surface area contributed by atoms with E-state index in [0.717, 1.165) is 5.56 Å². The number of para-hydroxylation sites is 1. The molecular weight excluding hydrogens is 418 g/mol. The molecule has 1 aliphatic rings. The molecule has 0 unspecified atom stereocenters. The third kappa shape index (κ3) is 4.59. The Morgan fingerprint density at radius 3 is 2.52 bits per heavy atom. The monoisotopic (exact) mass is 441 g/mol. The van der Waals surface area contributed by atoms with Gasteiger partial charge in [0.05, 0.1) is 4.90 Å². The summed E-state index contributed by atoms with van der Waals surface area (Å²) >= 11 is 0. The maximum Gasteiger partial charge on any atom is 0.289 e. The average Bonchev–Trinajstić information content (AvgIpc) is 3.25. The van der Waals surface area contributed by atoms with Crippen LogP contribution in [-0.4, -0.2) is 39.0 Å². The lowest BCUT2D eigenvalue weighted by molar-refractivity contribution is 0.0715. The van der Waals surface area contributed by atoms with Crippen LogP contribution in [0.4, 0.5) is 0 Å². The Balaban J connectivity index is 1.50. The van der Waals surface area contributed by atoms with Crippen LogP contribution in [0.1, 0.15) is 28.8 Å². The molecule has 0 saturated heterocycles. The van der Waals surface area contributed by atoms with E-state index >= 15 is 0 Å². The molecule has 0 atom stereocenters. The van der Waals surface area contributed by atoms with Crippen molar-refractivity contribution in [1.29, 1.82) is 0 Å². The highest BCUT2D eigenvalue weighted by atomic mass is 32.2. The van der Waals surface area contributed by atoms with Crippen LogP contribution in [-0.2, 0) is 22.1 Å². The molecule has 31 heavy (non-hydrogen) atoms. The number of carbonyl (C=O) groups excluding carboxylic acids is 1. The van der Waals surface area contributed by atoms with E-state index in [4.69, 9.17) is 13.9 Å². The summed E-state index contributed by atoms with van der Waals surface area (Å²) < 4.78 is 42.1. The average molecular weight is 442 g/mol. The smallest absolute Gasteiger partial charge is 0.289 e. The number of fused-ring (bicyclic) bond motifs is 1. The SMILES string of the molecule is CCN(Cc1cccc2c1OCCO2)C(=O)c1ccc(CS(=O)(=O)c2ccccc2)o1. The van der Waals surface area contributed by atoms with Gasteiger partial charge in [-0.25, -0.2) is 8.42 Å². The molecule has 3 aromatic rings. The number of rotatable bonds is 7. The Bertz CT molecular complexity index is 1170. The minimum Gasteiger partial charge on any atom is -0.486 e. The molecule has 0 saturated carbocycles. The van der Waals surface area contributed by atoms with E-state index < -0.39 is 9.84 Å². The zero-order valence-electron chi connectivity index (χ0n) is 17.1.